The molecule has 2 aliphatic rings. The topological polar surface area (TPSA) is 73.5 Å². The molecule has 114 valence electrons. The summed E-state index contributed by atoms with van der Waals surface area (Å²) in [5.41, 5.74) is 0. The highest BCUT2D eigenvalue weighted by molar-refractivity contribution is 5.96. The summed E-state index contributed by atoms with van der Waals surface area (Å²) in [5.74, 6) is 0.500. The van der Waals surface area contributed by atoms with Gasteiger partial charge in [-0.15, -0.1) is 0 Å². The van der Waals surface area contributed by atoms with Crippen molar-refractivity contribution >= 4 is 11.9 Å². The maximum absolute atomic E-state index is 11.9. The predicted molar refractivity (Wildman–Crippen MR) is 77.4 cm³/mol. The maximum Gasteiger partial charge on any atom is 0.321 e. The number of urea groups is 1. The SMILES string of the molecule is CNC(=O)NC(=O)C(C)N1CCC(CNC2CC2)CC1. The molecule has 0 aromatic rings. The molecule has 20 heavy (non-hydrogen) atoms. The third kappa shape index (κ3) is 4.45. The molecule has 1 heterocycles. The van der Waals surface area contributed by atoms with Crippen molar-refractivity contribution < 1.29 is 9.59 Å². The fourth-order valence-corrected chi connectivity index (χ4v) is 2.61. The van der Waals surface area contributed by atoms with Gasteiger partial charge < -0.3 is 10.6 Å². The van der Waals surface area contributed by atoms with E-state index in [1.165, 1.54) is 19.9 Å². The summed E-state index contributed by atoms with van der Waals surface area (Å²) in [5, 5.41) is 8.32. The lowest BCUT2D eigenvalue weighted by atomic mass is 9.95. The fourth-order valence-electron chi connectivity index (χ4n) is 2.61. The van der Waals surface area contributed by atoms with Gasteiger partial charge in [0.25, 0.3) is 0 Å². The molecule has 1 unspecified atom stereocenters. The van der Waals surface area contributed by atoms with Crippen LogP contribution in [0.1, 0.15) is 32.6 Å². The summed E-state index contributed by atoms with van der Waals surface area (Å²) in [6.45, 7) is 4.83. The molecule has 0 aromatic carbocycles. The van der Waals surface area contributed by atoms with Gasteiger partial charge in [0.1, 0.15) is 0 Å². The smallest absolute Gasteiger partial charge is 0.321 e. The monoisotopic (exact) mass is 282 g/mol. The van der Waals surface area contributed by atoms with Crippen molar-refractivity contribution in [3.05, 3.63) is 0 Å². The molecule has 6 nitrogen and oxygen atoms in total. The number of hydrogen-bond donors (Lipinski definition) is 3. The van der Waals surface area contributed by atoms with E-state index in [2.05, 4.69) is 20.9 Å². The highest BCUT2D eigenvalue weighted by Crippen LogP contribution is 2.22. The molecule has 3 amide bonds. The zero-order chi connectivity index (χ0) is 14.5. The lowest BCUT2D eigenvalue weighted by molar-refractivity contribution is -0.125. The molecule has 2 rings (SSSR count). The first kappa shape index (κ1) is 15.3. The first-order chi connectivity index (χ1) is 9.60. The number of carbonyl (C=O) groups excluding carboxylic acids is 2. The summed E-state index contributed by atoms with van der Waals surface area (Å²) in [4.78, 5) is 25.2. The van der Waals surface area contributed by atoms with E-state index in [1.807, 2.05) is 6.92 Å². The molecule has 0 aromatic heterocycles. The van der Waals surface area contributed by atoms with Gasteiger partial charge in [-0.2, -0.15) is 0 Å². The number of nitrogens with one attached hydrogen (secondary N) is 3. The molecular weight excluding hydrogens is 256 g/mol. The molecular formula is C14H26N4O2. The average Bonchev–Trinajstić information content (AvgIpc) is 3.29. The zero-order valence-electron chi connectivity index (χ0n) is 12.4. The molecule has 1 atom stereocenters. The molecule has 1 aliphatic carbocycles. The number of imide groups is 1. The van der Waals surface area contributed by atoms with Crippen molar-refractivity contribution in [1.29, 1.82) is 0 Å². The quantitative estimate of drug-likeness (QED) is 0.678. The molecule has 1 saturated heterocycles. The number of carbonyl (C=O) groups is 2. The minimum absolute atomic E-state index is 0.223. The van der Waals surface area contributed by atoms with E-state index in [4.69, 9.17) is 0 Å². The van der Waals surface area contributed by atoms with Crippen molar-refractivity contribution in [3.63, 3.8) is 0 Å². The van der Waals surface area contributed by atoms with Crippen molar-refractivity contribution in [1.82, 2.24) is 20.9 Å². The summed E-state index contributed by atoms with van der Waals surface area (Å²) in [6, 6.07) is 0.0836. The van der Waals surface area contributed by atoms with Crippen LogP contribution in [-0.2, 0) is 4.79 Å². The van der Waals surface area contributed by atoms with Crippen molar-refractivity contribution in [3.8, 4) is 0 Å². The first-order valence-corrected chi connectivity index (χ1v) is 7.60. The first-order valence-electron chi connectivity index (χ1n) is 7.60. The second-order valence-electron chi connectivity index (χ2n) is 5.91. The van der Waals surface area contributed by atoms with E-state index in [0.29, 0.717) is 0 Å². The number of nitrogens with zero attached hydrogens (tertiary/aromatic N) is 1. The van der Waals surface area contributed by atoms with E-state index < -0.39 is 6.03 Å². The second-order valence-corrected chi connectivity index (χ2v) is 5.91. The minimum atomic E-state index is -0.439. The fraction of sp³-hybridized carbons (Fsp3) is 0.857. The molecule has 0 spiro atoms. The van der Waals surface area contributed by atoms with Gasteiger partial charge in [0.05, 0.1) is 6.04 Å². The van der Waals surface area contributed by atoms with Gasteiger partial charge in [-0.25, -0.2) is 4.79 Å². The van der Waals surface area contributed by atoms with Crippen LogP contribution in [0, 0.1) is 5.92 Å². The van der Waals surface area contributed by atoms with Crippen LogP contribution < -0.4 is 16.0 Å². The molecule has 6 heteroatoms. The van der Waals surface area contributed by atoms with E-state index >= 15 is 0 Å². The van der Waals surface area contributed by atoms with E-state index in [0.717, 1.165) is 44.4 Å². The van der Waals surface area contributed by atoms with Gasteiger partial charge in [0, 0.05) is 13.1 Å². The lowest BCUT2D eigenvalue weighted by Gasteiger charge is -2.35. The van der Waals surface area contributed by atoms with Crippen LogP contribution in [0.4, 0.5) is 4.79 Å². The molecule has 1 saturated carbocycles. The largest absolute Gasteiger partial charge is 0.341 e. The van der Waals surface area contributed by atoms with Crippen molar-refractivity contribution in [2.24, 2.45) is 5.92 Å². The Bertz CT molecular complexity index is 349. The van der Waals surface area contributed by atoms with E-state index in [9.17, 15) is 9.59 Å². The van der Waals surface area contributed by atoms with Crippen molar-refractivity contribution in [2.75, 3.05) is 26.7 Å². The Kier molecular flexibility index (Phi) is 5.37. The Morgan fingerprint density at radius 3 is 2.40 bits per heavy atom. The summed E-state index contributed by atoms with van der Waals surface area (Å²) < 4.78 is 0. The maximum atomic E-state index is 11.9. The second kappa shape index (κ2) is 7.04. The number of amides is 3. The van der Waals surface area contributed by atoms with Gasteiger partial charge in [-0.1, -0.05) is 0 Å². The van der Waals surface area contributed by atoms with Gasteiger partial charge in [0.15, 0.2) is 0 Å². The molecule has 0 radical (unpaired) electrons. The third-order valence-electron chi connectivity index (χ3n) is 4.31. The van der Waals surface area contributed by atoms with Crippen molar-refractivity contribution in [2.45, 2.75) is 44.7 Å². The van der Waals surface area contributed by atoms with E-state index in [1.54, 1.807) is 0 Å². The summed E-state index contributed by atoms with van der Waals surface area (Å²) in [7, 11) is 1.51. The standard InChI is InChI=1S/C14H26N4O2/c1-10(13(19)17-14(20)15-2)18-7-5-11(6-8-18)9-16-12-3-4-12/h10-12,16H,3-9H2,1-2H3,(H2,15,17,19,20). The van der Waals surface area contributed by atoms with E-state index in [-0.39, 0.29) is 11.9 Å². The van der Waals surface area contributed by atoms with Crippen LogP contribution in [-0.4, -0.2) is 55.6 Å². The molecule has 0 bridgehead atoms. The van der Waals surface area contributed by atoms with Crippen LogP contribution in [0.15, 0.2) is 0 Å². The highest BCUT2D eigenvalue weighted by atomic mass is 16.2. The Balaban J connectivity index is 1.68. The number of likely N-dealkylation sites (tertiary alicyclic amines) is 1. The average molecular weight is 282 g/mol. The van der Waals surface area contributed by atoms with Crippen LogP contribution in [0.5, 0.6) is 0 Å². The minimum Gasteiger partial charge on any atom is -0.341 e. The Morgan fingerprint density at radius 1 is 1.20 bits per heavy atom. The third-order valence-corrected chi connectivity index (χ3v) is 4.31. The highest BCUT2D eigenvalue weighted by Gasteiger charge is 2.28. The van der Waals surface area contributed by atoms with Gasteiger partial charge in [0.2, 0.25) is 5.91 Å². The Labute approximate surface area is 120 Å². The van der Waals surface area contributed by atoms with Crippen LogP contribution in [0.2, 0.25) is 0 Å². The lowest BCUT2D eigenvalue weighted by Crippen LogP contribution is -2.51. The van der Waals surface area contributed by atoms with Crippen LogP contribution in [0.25, 0.3) is 0 Å². The molecule has 3 N–H and O–H groups in total. The summed E-state index contributed by atoms with van der Waals surface area (Å²) >= 11 is 0. The van der Waals surface area contributed by atoms with Gasteiger partial charge >= 0.3 is 6.03 Å². The number of piperidine rings is 1. The van der Waals surface area contributed by atoms with Gasteiger partial charge in [-0.3, -0.25) is 15.0 Å². The summed E-state index contributed by atoms with van der Waals surface area (Å²) in [6.07, 6.45) is 4.90. The van der Waals surface area contributed by atoms with Gasteiger partial charge in [-0.05, 0) is 58.2 Å². The predicted octanol–water partition coefficient (Wildman–Crippen LogP) is 0.295. The number of rotatable bonds is 5. The molecule has 1 aliphatic heterocycles. The molecule has 2 fully saturated rings. The number of hydrogen-bond acceptors (Lipinski definition) is 4. The normalized spacial score (nSPS) is 22.3. The van der Waals surface area contributed by atoms with Crippen LogP contribution >= 0.6 is 0 Å². The zero-order valence-corrected chi connectivity index (χ0v) is 12.4. The Hall–Kier alpha value is -1.14. The Morgan fingerprint density at radius 2 is 1.85 bits per heavy atom. The van der Waals surface area contributed by atoms with Crippen LogP contribution in [0.3, 0.4) is 0 Å².